The lowest BCUT2D eigenvalue weighted by Crippen LogP contribution is -2.12. The molecule has 28 heavy (non-hydrogen) atoms. The predicted octanol–water partition coefficient (Wildman–Crippen LogP) is 4.30. The summed E-state index contributed by atoms with van der Waals surface area (Å²) in [6.07, 6.45) is -3.90. The minimum Gasteiger partial charge on any atom is -0.496 e. The lowest BCUT2D eigenvalue weighted by Gasteiger charge is -2.14. The van der Waals surface area contributed by atoms with E-state index in [1.807, 2.05) is 0 Å². The van der Waals surface area contributed by atoms with Crippen molar-refractivity contribution in [1.29, 1.82) is 0 Å². The highest BCUT2D eigenvalue weighted by Crippen LogP contribution is 2.38. The van der Waals surface area contributed by atoms with Gasteiger partial charge in [-0.05, 0) is 13.0 Å². The van der Waals surface area contributed by atoms with Gasteiger partial charge in [0.25, 0.3) is 5.89 Å². The Balaban J connectivity index is 1.97. The molecule has 2 heterocycles. The molecule has 0 fully saturated rings. The third kappa shape index (κ3) is 3.93. The molecule has 8 nitrogen and oxygen atoms in total. The molecule has 0 aliphatic carbocycles. The van der Waals surface area contributed by atoms with Gasteiger partial charge in [0.2, 0.25) is 5.95 Å². The van der Waals surface area contributed by atoms with E-state index in [0.29, 0.717) is 29.0 Å². The van der Waals surface area contributed by atoms with Gasteiger partial charge in [0.1, 0.15) is 17.1 Å². The highest BCUT2D eigenvalue weighted by atomic mass is 35.5. The smallest absolute Gasteiger partial charge is 0.421 e. The minimum atomic E-state index is -4.58. The van der Waals surface area contributed by atoms with Crippen molar-refractivity contribution in [1.82, 2.24) is 20.1 Å². The number of hydrogen-bond acceptors (Lipinski definition) is 8. The van der Waals surface area contributed by atoms with Crippen molar-refractivity contribution in [2.45, 2.75) is 13.1 Å². The van der Waals surface area contributed by atoms with E-state index in [0.717, 1.165) is 0 Å². The Bertz CT molecular complexity index is 1010. The molecule has 0 spiro atoms. The molecular formula is C16H14ClF3N6O2. The van der Waals surface area contributed by atoms with Gasteiger partial charge < -0.3 is 19.9 Å². The van der Waals surface area contributed by atoms with Crippen LogP contribution >= 0.6 is 11.6 Å². The van der Waals surface area contributed by atoms with Crippen molar-refractivity contribution >= 4 is 29.1 Å². The standard InChI is InChI=1S/C16H14ClF3N6O2/c1-7-23-14(28-26-7)8-4-10(17)11(5-12(8)27-3)24-15-22-6-9(16(18,19)20)13(21-2)25-15/h4-6H,1-3H3,(H2,21,22,24,25). The molecule has 12 heteroatoms. The molecule has 0 saturated heterocycles. The Labute approximate surface area is 162 Å². The van der Waals surface area contributed by atoms with Crippen molar-refractivity contribution in [2.75, 3.05) is 24.8 Å². The average Bonchev–Trinajstić information content (AvgIpc) is 3.08. The molecule has 1 aromatic carbocycles. The van der Waals surface area contributed by atoms with Crippen molar-refractivity contribution in [3.63, 3.8) is 0 Å². The fourth-order valence-corrected chi connectivity index (χ4v) is 2.56. The summed E-state index contributed by atoms with van der Waals surface area (Å²) >= 11 is 6.28. The van der Waals surface area contributed by atoms with Gasteiger partial charge in [0.05, 0.1) is 23.4 Å². The number of nitrogens with one attached hydrogen (secondary N) is 2. The maximum absolute atomic E-state index is 13.0. The zero-order chi connectivity index (χ0) is 20.5. The van der Waals surface area contributed by atoms with Crippen molar-refractivity contribution in [3.8, 4) is 17.2 Å². The van der Waals surface area contributed by atoms with Crippen LogP contribution in [0.25, 0.3) is 11.5 Å². The van der Waals surface area contributed by atoms with Crippen LogP contribution in [0, 0.1) is 6.92 Å². The van der Waals surface area contributed by atoms with Gasteiger partial charge >= 0.3 is 6.18 Å². The van der Waals surface area contributed by atoms with Crippen LogP contribution in [-0.4, -0.2) is 34.3 Å². The van der Waals surface area contributed by atoms with E-state index in [9.17, 15) is 13.2 Å². The monoisotopic (exact) mass is 414 g/mol. The molecule has 0 atom stereocenters. The molecule has 0 bridgehead atoms. The van der Waals surface area contributed by atoms with Crippen LogP contribution < -0.4 is 15.4 Å². The Morgan fingerprint density at radius 3 is 2.54 bits per heavy atom. The second-order valence-electron chi connectivity index (χ2n) is 5.51. The van der Waals surface area contributed by atoms with Gasteiger partial charge in [-0.15, -0.1) is 0 Å². The first-order chi connectivity index (χ1) is 13.2. The van der Waals surface area contributed by atoms with E-state index in [2.05, 4.69) is 30.7 Å². The molecule has 0 saturated carbocycles. The van der Waals surface area contributed by atoms with Gasteiger partial charge in [0.15, 0.2) is 5.82 Å². The van der Waals surface area contributed by atoms with E-state index in [1.165, 1.54) is 26.3 Å². The number of halogens is 4. The van der Waals surface area contributed by atoms with Crippen LogP contribution in [0.15, 0.2) is 22.9 Å². The van der Waals surface area contributed by atoms with Crippen LogP contribution in [0.1, 0.15) is 11.4 Å². The first kappa shape index (κ1) is 19.7. The molecule has 0 amide bonds. The Kier molecular flexibility index (Phi) is 5.27. The van der Waals surface area contributed by atoms with Gasteiger partial charge in [-0.1, -0.05) is 16.8 Å². The number of ether oxygens (including phenoxy) is 1. The highest BCUT2D eigenvalue weighted by Gasteiger charge is 2.35. The quantitative estimate of drug-likeness (QED) is 0.637. The van der Waals surface area contributed by atoms with Gasteiger partial charge in [-0.2, -0.15) is 23.1 Å². The summed E-state index contributed by atoms with van der Waals surface area (Å²) in [5, 5.41) is 9.12. The Morgan fingerprint density at radius 1 is 1.21 bits per heavy atom. The summed E-state index contributed by atoms with van der Waals surface area (Å²) in [6, 6.07) is 3.05. The molecule has 2 aromatic heterocycles. The molecule has 148 valence electrons. The molecule has 0 aliphatic rings. The van der Waals surface area contributed by atoms with E-state index in [4.69, 9.17) is 20.9 Å². The number of alkyl halides is 3. The summed E-state index contributed by atoms with van der Waals surface area (Å²) in [5.41, 5.74) is -0.199. The van der Waals surface area contributed by atoms with E-state index < -0.39 is 11.7 Å². The van der Waals surface area contributed by atoms with Crippen LogP contribution in [0.4, 0.5) is 30.6 Å². The molecular weight excluding hydrogens is 401 g/mol. The minimum absolute atomic E-state index is 0.0808. The van der Waals surface area contributed by atoms with Crippen molar-refractivity contribution in [2.24, 2.45) is 0 Å². The van der Waals surface area contributed by atoms with Gasteiger partial charge in [0, 0.05) is 19.3 Å². The van der Waals surface area contributed by atoms with Gasteiger partial charge in [-0.25, -0.2) is 4.98 Å². The zero-order valence-electron chi connectivity index (χ0n) is 14.8. The van der Waals surface area contributed by atoms with Crippen LogP contribution in [0.2, 0.25) is 5.02 Å². The fraction of sp³-hybridized carbons (Fsp3) is 0.250. The third-order valence-electron chi connectivity index (χ3n) is 3.62. The number of anilines is 3. The average molecular weight is 415 g/mol. The summed E-state index contributed by atoms with van der Waals surface area (Å²) in [4.78, 5) is 11.7. The Morgan fingerprint density at radius 2 is 1.96 bits per heavy atom. The lowest BCUT2D eigenvalue weighted by atomic mass is 10.1. The van der Waals surface area contributed by atoms with Gasteiger partial charge in [-0.3, -0.25) is 0 Å². The lowest BCUT2D eigenvalue weighted by molar-refractivity contribution is -0.137. The van der Waals surface area contributed by atoms with E-state index in [1.54, 1.807) is 6.92 Å². The maximum Gasteiger partial charge on any atom is 0.421 e. The molecule has 3 aromatic rings. The van der Waals surface area contributed by atoms with Crippen LogP contribution in [0.5, 0.6) is 5.75 Å². The van der Waals surface area contributed by atoms with E-state index in [-0.39, 0.29) is 22.7 Å². The number of hydrogen-bond donors (Lipinski definition) is 2. The predicted molar refractivity (Wildman–Crippen MR) is 95.9 cm³/mol. The zero-order valence-corrected chi connectivity index (χ0v) is 15.6. The highest BCUT2D eigenvalue weighted by molar-refractivity contribution is 6.33. The fourth-order valence-electron chi connectivity index (χ4n) is 2.35. The first-order valence-corrected chi connectivity index (χ1v) is 8.18. The number of rotatable bonds is 5. The number of aryl methyl sites for hydroxylation is 1. The molecule has 0 radical (unpaired) electrons. The maximum atomic E-state index is 13.0. The first-order valence-electron chi connectivity index (χ1n) is 7.80. The molecule has 0 unspecified atom stereocenters. The van der Waals surface area contributed by atoms with Crippen molar-refractivity contribution in [3.05, 3.63) is 34.7 Å². The summed E-state index contributed by atoms with van der Waals surface area (Å²) in [5.74, 6) is 0.559. The Hall–Kier alpha value is -3.08. The summed E-state index contributed by atoms with van der Waals surface area (Å²) in [6.45, 7) is 1.66. The normalized spacial score (nSPS) is 11.4. The molecule has 3 rings (SSSR count). The number of methoxy groups -OCH3 is 1. The van der Waals surface area contributed by atoms with E-state index >= 15 is 0 Å². The second-order valence-corrected chi connectivity index (χ2v) is 5.91. The van der Waals surface area contributed by atoms with Crippen LogP contribution in [-0.2, 0) is 6.18 Å². The number of aromatic nitrogens is 4. The van der Waals surface area contributed by atoms with Crippen molar-refractivity contribution < 1.29 is 22.4 Å². The SMILES string of the molecule is CNc1nc(Nc2cc(OC)c(-c3nc(C)no3)cc2Cl)ncc1C(F)(F)F. The molecule has 2 N–H and O–H groups in total. The summed E-state index contributed by atoms with van der Waals surface area (Å²) < 4.78 is 49.3. The molecule has 0 aliphatic heterocycles. The third-order valence-corrected chi connectivity index (χ3v) is 3.94. The second kappa shape index (κ2) is 7.50. The number of nitrogens with zero attached hydrogens (tertiary/aromatic N) is 4. The largest absolute Gasteiger partial charge is 0.496 e. The summed E-state index contributed by atoms with van der Waals surface area (Å²) in [7, 11) is 2.77. The van der Waals surface area contributed by atoms with Crippen LogP contribution in [0.3, 0.4) is 0 Å². The number of benzene rings is 1. The topological polar surface area (TPSA) is 98.0 Å².